The van der Waals surface area contributed by atoms with Crippen LogP contribution < -0.4 is 0 Å². The summed E-state index contributed by atoms with van der Waals surface area (Å²) in [5.74, 6) is 3.51. The minimum absolute atomic E-state index is 0.261. The average Bonchev–Trinajstić information content (AvgIpc) is 2.17. The highest BCUT2D eigenvalue weighted by atomic mass is 16.3. The molecule has 0 atom stereocenters. The molecule has 0 heterocycles. The van der Waals surface area contributed by atoms with Crippen LogP contribution in [0.1, 0.15) is 56.2 Å². The summed E-state index contributed by atoms with van der Waals surface area (Å²) in [6.07, 6.45) is 5.38. The molecule has 0 spiro atoms. The normalized spacial score (nSPS) is 10.7. The van der Waals surface area contributed by atoms with Crippen LogP contribution >= 0.6 is 0 Å². The minimum atomic E-state index is 0.261. The quantitative estimate of drug-likeness (QED) is 0.726. The molecule has 1 nitrogen and oxygen atoms in total. The van der Waals surface area contributed by atoms with E-state index in [1.54, 1.807) is 0 Å². The van der Waals surface area contributed by atoms with E-state index in [2.05, 4.69) is 33.6 Å². The first kappa shape index (κ1) is 11.7. The Morgan fingerprint density at radius 3 is 2.13 bits per heavy atom. The highest BCUT2D eigenvalue weighted by Gasteiger charge is 2.12. The first-order valence-electron chi connectivity index (χ1n) is 5.30. The van der Waals surface area contributed by atoms with E-state index in [1.165, 1.54) is 5.56 Å². The van der Waals surface area contributed by atoms with Crippen LogP contribution in [0, 0.1) is 12.3 Å². The minimum Gasteiger partial charge on any atom is -0.506 e. The van der Waals surface area contributed by atoms with Gasteiger partial charge in [-0.25, -0.2) is 0 Å². The van der Waals surface area contributed by atoms with Crippen LogP contribution in [0.4, 0.5) is 0 Å². The molecule has 1 rings (SSSR count). The lowest BCUT2D eigenvalue weighted by Gasteiger charge is -2.14. The summed E-state index contributed by atoms with van der Waals surface area (Å²) in [5, 5.41) is 9.92. The predicted octanol–water partition coefficient (Wildman–Crippen LogP) is 3.62. The highest BCUT2D eigenvalue weighted by Crippen LogP contribution is 2.32. The van der Waals surface area contributed by atoms with Crippen molar-refractivity contribution in [3.05, 3.63) is 28.8 Å². The lowest BCUT2D eigenvalue weighted by Crippen LogP contribution is -1.96. The lowest BCUT2D eigenvalue weighted by molar-refractivity contribution is 0.462. The van der Waals surface area contributed by atoms with Gasteiger partial charge in [0, 0.05) is 0 Å². The van der Waals surface area contributed by atoms with Gasteiger partial charge in [0.15, 0.2) is 0 Å². The Labute approximate surface area is 92.1 Å². The second kappa shape index (κ2) is 4.40. The third-order valence-electron chi connectivity index (χ3n) is 2.61. The van der Waals surface area contributed by atoms with E-state index in [4.69, 9.17) is 6.42 Å². The maximum absolute atomic E-state index is 9.92. The fraction of sp³-hybridized carbons (Fsp3) is 0.429. The number of phenols is 1. The highest BCUT2D eigenvalue weighted by molar-refractivity contribution is 5.53. The van der Waals surface area contributed by atoms with Gasteiger partial charge in [-0.15, -0.1) is 6.42 Å². The molecule has 0 saturated heterocycles. The van der Waals surface area contributed by atoms with E-state index in [-0.39, 0.29) is 11.7 Å². The Morgan fingerprint density at radius 1 is 1.13 bits per heavy atom. The Kier molecular flexibility index (Phi) is 3.42. The molecule has 1 aromatic rings. The van der Waals surface area contributed by atoms with Gasteiger partial charge in [0.1, 0.15) is 5.75 Å². The van der Waals surface area contributed by atoms with Crippen LogP contribution in [0.3, 0.4) is 0 Å². The Hall–Kier alpha value is -1.42. The molecule has 0 aliphatic rings. The first-order valence-corrected chi connectivity index (χ1v) is 5.30. The number of terminal acetylenes is 1. The number of phenolic OH excluding ortho intramolecular Hbond substituents is 1. The molecule has 0 radical (unpaired) electrons. The number of rotatable bonds is 2. The largest absolute Gasteiger partial charge is 0.506 e. The van der Waals surface area contributed by atoms with Crippen LogP contribution in [0.25, 0.3) is 0 Å². The van der Waals surface area contributed by atoms with E-state index in [0.29, 0.717) is 11.5 Å². The van der Waals surface area contributed by atoms with Crippen molar-refractivity contribution in [2.24, 2.45) is 0 Å². The molecule has 1 aromatic carbocycles. The van der Waals surface area contributed by atoms with Gasteiger partial charge in [-0.2, -0.15) is 0 Å². The molecule has 15 heavy (non-hydrogen) atoms. The average molecular weight is 202 g/mol. The summed E-state index contributed by atoms with van der Waals surface area (Å²) < 4.78 is 0. The van der Waals surface area contributed by atoms with Crippen molar-refractivity contribution in [2.45, 2.75) is 39.5 Å². The van der Waals surface area contributed by atoms with E-state index in [1.807, 2.05) is 12.1 Å². The van der Waals surface area contributed by atoms with Crippen LogP contribution in [-0.2, 0) is 0 Å². The first-order chi connectivity index (χ1) is 6.97. The fourth-order valence-electron chi connectivity index (χ4n) is 1.56. The molecule has 0 unspecified atom stereocenters. The van der Waals surface area contributed by atoms with Gasteiger partial charge in [0.05, 0.1) is 5.56 Å². The Balaban J connectivity index is 3.40. The van der Waals surface area contributed by atoms with Gasteiger partial charge < -0.3 is 5.11 Å². The fourth-order valence-corrected chi connectivity index (χ4v) is 1.56. The van der Waals surface area contributed by atoms with E-state index < -0.39 is 0 Å². The third-order valence-corrected chi connectivity index (χ3v) is 2.61. The zero-order valence-electron chi connectivity index (χ0n) is 9.83. The molecular formula is C14H18O. The van der Waals surface area contributed by atoms with Crippen LogP contribution in [0.5, 0.6) is 5.75 Å². The van der Waals surface area contributed by atoms with E-state index >= 15 is 0 Å². The zero-order valence-corrected chi connectivity index (χ0v) is 9.83. The van der Waals surface area contributed by atoms with Crippen LogP contribution in [-0.4, -0.2) is 5.11 Å². The van der Waals surface area contributed by atoms with Crippen molar-refractivity contribution in [3.8, 4) is 18.1 Å². The van der Waals surface area contributed by atoms with Gasteiger partial charge in [-0.3, -0.25) is 0 Å². The second-order valence-electron chi connectivity index (χ2n) is 4.46. The monoisotopic (exact) mass is 202 g/mol. The summed E-state index contributed by atoms with van der Waals surface area (Å²) in [7, 11) is 0. The van der Waals surface area contributed by atoms with Gasteiger partial charge >= 0.3 is 0 Å². The van der Waals surface area contributed by atoms with E-state index in [9.17, 15) is 5.11 Å². The molecule has 0 bridgehead atoms. The summed E-state index contributed by atoms with van der Waals surface area (Å²) in [6.45, 7) is 8.35. The number of hydrogen-bond donors (Lipinski definition) is 1. The summed E-state index contributed by atoms with van der Waals surface area (Å²) >= 11 is 0. The van der Waals surface area contributed by atoms with Crippen LogP contribution in [0.2, 0.25) is 0 Å². The van der Waals surface area contributed by atoms with Gasteiger partial charge in [-0.05, 0) is 29.0 Å². The lowest BCUT2D eigenvalue weighted by atomic mass is 9.92. The van der Waals surface area contributed by atoms with Crippen molar-refractivity contribution in [3.63, 3.8) is 0 Å². The summed E-state index contributed by atoms with van der Waals surface area (Å²) in [5.41, 5.74) is 2.73. The second-order valence-corrected chi connectivity index (χ2v) is 4.46. The smallest absolute Gasteiger partial charge is 0.134 e. The summed E-state index contributed by atoms with van der Waals surface area (Å²) in [6, 6.07) is 3.94. The topological polar surface area (TPSA) is 20.2 Å². The Bertz CT molecular complexity index is 395. The molecular weight excluding hydrogens is 184 g/mol. The molecule has 0 fully saturated rings. The Morgan fingerprint density at radius 2 is 1.73 bits per heavy atom. The van der Waals surface area contributed by atoms with Gasteiger partial charge in [-0.1, -0.05) is 39.7 Å². The molecule has 0 aliphatic carbocycles. The van der Waals surface area contributed by atoms with Crippen molar-refractivity contribution >= 4 is 0 Å². The zero-order chi connectivity index (χ0) is 11.6. The molecule has 1 heteroatoms. The van der Waals surface area contributed by atoms with Crippen molar-refractivity contribution in [1.29, 1.82) is 0 Å². The number of benzene rings is 1. The predicted molar refractivity (Wildman–Crippen MR) is 64.2 cm³/mol. The van der Waals surface area contributed by atoms with Crippen LogP contribution in [0.15, 0.2) is 12.1 Å². The molecule has 0 saturated carbocycles. The molecule has 0 aromatic heterocycles. The van der Waals surface area contributed by atoms with Crippen molar-refractivity contribution in [1.82, 2.24) is 0 Å². The van der Waals surface area contributed by atoms with Gasteiger partial charge in [0.2, 0.25) is 0 Å². The summed E-state index contributed by atoms with van der Waals surface area (Å²) in [4.78, 5) is 0. The molecule has 80 valence electrons. The molecule has 1 N–H and O–H groups in total. The maximum atomic E-state index is 9.92. The molecule has 0 amide bonds. The number of aromatic hydroxyl groups is 1. The standard InChI is InChI=1S/C14H18O/c1-6-11-7-12(9(2)3)8-13(10(4)5)14(11)15/h1,7-10,15H,2-5H3. The maximum Gasteiger partial charge on any atom is 0.134 e. The van der Waals surface area contributed by atoms with Gasteiger partial charge in [0.25, 0.3) is 0 Å². The third kappa shape index (κ3) is 2.33. The SMILES string of the molecule is C#Cc1cc(C(C)C)cc(C(C)C)c1O. The van der Waals surface area contributed by atoms with Crippen molar-refractivity contribution in [2.75, 3.05) is 0 Å². The van der Waals surface area contributed by atoms with Crippen molar-refractivity contribution < 1.29 is 5.11 Å². The van der Waals surface area contributed by atoms with E-state index in [0.717, 1.165) is 5.56 Å². The number of hydrogen-bond acceptors (Lipinski definition) is 1. The molecule has 0 aliphatic heterocycles.